The zero-order chi connectivity index (χ0) is 9.56. The van der Waals surface area contributed by atoms with Crippen molar-refractivity contribution in [2.45, 2.75) is 26.3 Å². The van der Waals surface area contributed by atoms with Gasteiger partial charge in [0.25, 0.3) is 0 Å². The summed E-state index contributed by atoms with van der Waals surface area (Å²) in [6, 6.07) is 0.0390. The molecule has 4 N–H and O–H groups in total. The lowest BCUT2D eigenvalue weighted by Crippen LogP contribution is -2.44. The molecule has 2 amide bonds. The molecule has 0 radical (unpaired) electrons. The Balaban J connectivity index is 3.86. The van der Waals surface area contributed by atoms with Gasteiger partial charge in [-0.3, -0.25) is 0 Å². The molecule has 0 heterocycles. The van der Waals surface area contributed by atoms with E-state index in [-0.39, 0.29) is 12.1 Å². The molecule has 0 rings (SSSR count). The second-order valence-electron chi connectivity index (χ2n) is 3.15. The summed E-state index contributed by atoms with van der Waals surface area (Å²) in [6.45, 7) is 4.74. The van der Waals surface area contributed by atoms with Crippen molar-refractivity contribution in [1.29, 1.82) is 0 Å². The van der Waals surface area contributed by atoms with Crippen molar-refractivity contribution in [3.05, 3.63) is 0 Å². The Morgan fingerprint density at radius 1 is 1.50 bits per heavy atom. The van der Waals surface area contributed by atoms with Gasteiger partial charge in [0.15, 0.2) is 0 Å². The summed E-state index contributed by atoms with van der Waals surface area (Å²) in [5, 5.41) is 5.35. The second-order valence-corrected chi connectivity index (χ2v) is 3.15. The summed E-state index contributed by atoms with van der Waals surface area (Å²) in [6.07, 6.45) is 0.824. The van der Waals surface area contributed by atoms with E-state index in [1.807, 2.05) is 0 Å². The van der Waals surface area contributed by atoms with E-state index in [4.69, 9.17) is 5.73 Å². The summed E-state index contributed by atoms with van der Waals surface area (Å²) in [5.74, 6) is 0.422. The van der Waals surface area contributed by atoms with E-state index in [9.17, 15) is 4.79 Å². The maximum absolute atomic E-state index is 10.9. The van der Waals surface area contributed by atoms with Crippen molar-refractivity contribution in [3.8, 4) is 0 Å². The van der Waals surface area contributed by atoms with Gasteiger partial charge >= 0.3 is 6.03 Å². The van der Waals surface area contributed by atoms with E-state index in [2.05, 4.69) is 24.5 Å². The molecule has 4 heteroatoms. The third-order valence-electron chi connectivity index (χ3n) is 1.83. The number of amides is 2. The molecule has 0 fully saturated rings. The maximum Gasteiger partial charge on any atom is 0.314 e. The lowest BCUT2D eigenvalue weighted by atomic mass is 10.0. The number of nitrogens with one attached hydrogen (secondary N) is 2. The quantitative estimate of drug-likeness (QED) is 0.572. The molecular formula is C8H19N3O. The van der Waals surface area contributed by atoms with Gasteiger partial charge in [-0.05, 0) is 18.9 Å². The van der Waals surface area contributed by atoms with Crippen LogP contribution in [0.25, 0.3) is 0 Å². The zero-order valence-corrected chi connectivity index (χ0v) is 8.05. The third-order valence-corrected chi connectivity index (χ3v) is 1.83. The van der Waals surface area contributed by atoms with E-state index >= 15 is 0 Å². The number of carbonyl (C=O) groups excluding carboxylic acids is 1. The van der Waals surface area contributed by atoms with Crippen LogP contribution in [0.15, 0.2) is 0 Å². The average molecular weight is 173 g/mol. The Bertz CT molecular complexity index is 136. The molecule has 0 saturated heterocycles. The van der Waals surface area contributed by atoms with Crippen molar-refractivity contribution in [2.24, 2.45) is 11.7 Å². The second kappa shape index (κ2) is 5.83. The fraction of sp³-hybridized carbons (Fsp3) is 0.875. The Morgan fingerprint density at radius 2 is 2.08 bits per heavy atom. The highest BCUT2D eigenvalue weighted by Crippen LogP contribution is 2.04. The molecular weight excluding hydrogens is 154 g/mol. The molecule has 0 aliphatic heterocycles. The molecule has 72 valence electrons. The fourth-order valence-electron chi connectivity index (χ4n) is 0.992. The van der Waals surface area contributed by atoms with Crippen LogP contribution in [-0.2, 0) is 0 Å². The first kappa shape index (κ1) is 11.2. The van der Waals surface area contributed by atoms with E-state index in [0.29, 0.717) is 12.5 Å². The van der Waals surface area contributed by atoms with Crippen LogP contribution in [0.5, 0.6) is 0 Å². The molecule has 0 aliphatic rings. The Labute approximate surface area is 73.9 Å². The largest absolute Gasteiger partial charge is 0.341 e. The van der Waals surface area contributed by atoms with Crippen LogP contribution >= 0.6 is 0 Å². The standard InChI is InChI=1S/C8H19N3O/c1-6(2)7(4-5-9)11-8(12)10-3/h6-7H,4-5,9H2,1-3H3,(H2,10,11,12). The van der Waals surface area contributed by atoms with Crippen molar-refractivity contribution < 1.29 is 4.79 Å². The average Bonchev–Trinajstić information content (AvgIpc) is 2.03. The molecule has 0 bridgehead atoms. The van der Waals surface area contributed by atoms with E-state index < -0.39 is 0 Å². The van der Waals surface area contributed by atoms with Gasteiger partial charge in [0.2, 0.25) is 0 Å². The zero-order valence-electron chi connectivity index (χ0n) is 8.05. The predicted octanol–water partition coefficient (Wildman–Crippen LogP) is 0.289. The van der Waals surface area contributed by atoms with Crippen LogP contribution in [0.3, 0.4) is 0 Å². The van der Waals surface area contributed by atoms with Gasteiger partial charge in [-0.2, -0.15) is 0 Å². The Morgan fingerprint density at radius 3 is 2.42 bits per heavy atom. The first-order chi connectivity index (χ1) is 5.61. The number of carbonyl (C=O) groups is 1. The highest BCUT2D eigenvalue weighted by atomic mass is 16.2. The normalized spacial score (nSPS) is 12.8. The van der Waals surface area contributed by atoms with E-state index in [0.717, 1.165) is 6.42 Å². The Kier molecular flexibility index (Phi) is 5.45. The van der Waals surface area contributed by atoms with Crippen LogP contribution in [0.1, 0.15) is 20.3 Å². The van der Waals surface area contributed by atoms with Crippen molar-refractivity contribution in [1.82, 2.24) is 10.6 Å². The monoisotopic (exact) mass is 173 g/mol. The summed E-state index contributed by atoms with van der Waals surface area (Å²) in [7, 11) is 1.61. The summed E-state index contributed by atoms with van der Waals surface area (Å²) in [4.78, 5) is 10.9. The number of hydrogen-bond donors (Lipinski definition) is 3. The lowest BCUT2D eigenvalue weighted by molar-refractivity contribution is 0.234. The van der Waals surface area contributed by atoms with E-state index in [1.165, 1.54) is 0 Å². The van der Waals surface area contributed by atoms with Gasteiger partial charge in [-0.25, -0.2) is 4.79 Å². The molecule has 0 spiro atoms. The summed E-state index contributed by atoms with van der Waals surface area (Å²) < 4.78 is 0. The first-order valence-corrected chi connectivity index (χ1v) is 4.30. The fourth-order valence-corrected chi connectivity index (χ4v) is 0.992. The van der Waals surface area contributed by atoms with Crippen LogP contribution in [0.4, 0.5) is 4.79 Å². The summed E-state index contributed by atoms with van der Waals surface area (Å²) in [5.41, 5.74) is 5.41. The maximum atomic E-state index is 10.9. The molecule has 0 aromatic carbocycles. The van der Waals surface area contributed by atoms with Crippen molar-refractivity contribution in [2.75, 3.05) is 13.6 Å². The molecule has 1 unspecified atom stereocenters. The van der Waals surface area contributed by atoms with Crippen LogP contribution < -0.4 is 16.4 Å². The van der Waals surface area contributed by atoms with Crippen LogP contribution in [-0.4, -0.2) is 25.7 Å². The van der Waals surface area contributed by atoms with Gasteiger partial charge in [-0.1, -0.05) is 13.8 Å². The first-order valence-electron chi connectivity index (χ1n) is 4.30. The number of rotatable bonds is 4. The molecule has 0 aliphatic carbocycles. The van der Waals surface area contributed by atoms with Gasteiger partial charge in [-0.15, -0.1) is 0 Å². The molecule has 1 atom stereocenters. The minimum absolute atomic E-state index is 0.137. The highest BCUT2D eigenvalue weighted by molar-refractivity contribution is 5.73. The molecule has 0 saturated carbocycles. The summed E-state index contributed by atoms with van der Waals surface area (Å²) >= 11 is 0. The third kappa shape index (κ3) is 4.18. The number of hydrogen-bond acceptors (Lipinski definition) is 2. The number of urea groups is 1. The van der Waals surface area contributed by atoms with Crippen molar-refractivity contribution in [3.63, 3.8) is 0 Å². The molecule has 12 heavy (non-hydrogen) atoms. The van der Waals surface area contributed by atoms with Gasteiger partial charge < -0.3 is 16.4 Å². The van der Waals surface area contributed by atoms with Gasteiger partial charge in [0.05, 0.1) is 0 Å². The SMILES string of the molecule is CNC(=O)NC(CCN)C(C)C. The lowest BCUT2D eigenvalue weighted by Gasteiger charge is -2.21. The smallest absolute Gasteiger partial charge is 0.314 e. The Hall–Kier alpha value is -0.770. The van der Waals surface area contributed by atoms with Crippen LogP contribution in [0.2, 0.25) is 0 Å². The predicted molar refractivity (Wildman–Crippen MR) is 49.9 cm³/mol. The van der Waals surface area contributed by atoms with Gasteiger partial charge in [0.1, 0.15) is 0 Å². The minimum Gasteiger partial charge on any atom is -0.341 e. The molecule has 4 nitrogen and oxygen atoms in total. The minimum atomic E-state index is -0.137. The molecule has 0 aromatic heterocycles. The topological polar surface area (TPSA) is 67.2 Å². The molecule has 0 aromatic rings. The number of nitrogens with two attached hydrogens (primary N) is 1. The van der Waals surface area contributed by atoms with Crippen LogP contribution in [0, 0.1) is 5.92 Å². The van der Waals surface area contributed by atoms with E-state index in [1.54, 1.807) is 7.05 Å². The highest BCUT2D eigenvalue weighted by Gasteiger charge is 2.13. The van der Waals surface area contributed by atoms with Gasteiger partial charge in [0, 0.05) is 13.1 Å². The van der Waals surface area contributed by atoms with Crippen molar-refractivity contribution >= 4 is 6.03 Å².